The summed E-state index contributed by atoms with van der Waals surface area (Å²) in [4.78, 5) is 25.6. The van der Waals surface area contributed by atoms with Gasteiger partial charge in [-0.15, -0.1) is 0 Å². The zero-order valence-corrected chi connectivity index (χ0v) is 35.9. The zero-order valence-electron chi connectivity index (χ0n) is 32.0. The van der Waals surface area contributed by atoms with Crippen molar-refractivity contribution in [2.45, 2.75) is 70.4 Å². The maximum atomic E-state index is 15.2. The molecule has 11 nitrogen and oxygen atoms in total. The Hall–Kier alpha value is -2.65. The third-order valence-corrected chi connectivity index (χ3v) is 12.9. The van der Waals surface area contributed by atoms with Crippen LogP contribution in [0.15, 0.2) is 69.5 Å². The Morgan fingerprint density at radius 2 is 1.65 bits per heavy atom. The van der Waals surface area contributed by atoms with E-state index in [1.165, 1.54) is 18.4 Å². The maximum Gasteiger partial charge on any atom is 0.326 e. The number of aliphatic imine (C=N–C) groups is 1. The van der Waals surface area contributed by atoms with Gasteiger partial charge in [-0.05, 0) is 90.8 Å². The van der Waals surface area contributed by atoms with Gasteiger partial charge < -0.3 is 9.64 Å². The van der Waals surface area contributed by atoms with Crippen LogP contribution in [-0.2, 0) is 25.4 Å². The smallest absolute Gasteiger partial charge is 0.326 e. The lowest BCUT2D eigenvalue weighted by Gasteiger charge is -2.44. The van der Waals surface area contributed by atoms with E-state index in [1.807, 2.05) is 44.2 Å². The van der Waals surface area contributed by atoms with Crippen molar-refractivity contribution >= 4 is 66.5 Å². The molecule has 0 unspecified atom stereocenters. The highest BCUT2D eigenvalue weighted by molar-refractivity contribution is 7.90. The van der Waals surface area contributed by atoms with Gasteiger partial charge in [0.05, 0.1) is 28.5 Å². The second-order valence-corrected chi connectivity index (χ2v) is 20.4. The zero-order chi connectivity index (χ0) is 40.1. The molecule has 0 radical (unpaired) electrons. The van der Waals surface area contributed by atoms with Crippen molar-refractivity contribution in [1.29, 1.82) is 0 Å². The number of nitrogens with zero attached hydrogens (tertiary/aromatic N) is 4. The summed E-state index contributed by atoms with van der Waals surface area (Å²) >= 11 is 19.3. The van der Waals surface area contributed by atoms with Crippen molar-refractivity contribution in [1.82, 2.24) is 19.4 Å². The largest absolute Gasteiger partial charge is 0.493 e. The number of amidine groups is 1. The Morgan fingerprint density at radius 3 is 2.20 bits per heavy atom. The SMILES string of the molecule is CCOc1cc(Cl)c(S(=O)(=O)NC(C)(C)C)cc1C(=NC[C@@H]1C=CC(Cl)=CC1)N(C(=O)N1CCN(CCCS(C)(=O)=O)CC1)C(C)(C)c1ccc(Cl)cc1. The molecule has 1 aliphatic heterocycles. The van der Waals surface area contributed by atoms with E-state index >= 15 is 4.79 Å². The van der Waals surface area contributed by atoms with Crippen molar-refractivity contribution < 1.29 is 26.4 Å². The van der Waals surface area contributed by atoms with Crippen LogP contribution in [0.2, 0.25) is 10.0 Å². The molecule has 2 aromatic carbocycles. The minimum atomic E-state index is -4.16. The number of halogens is 3. The summed E-state index contributed by atoms with van der Waals surface area (Å²) in [6.45, 7) is 13.7. The molecule has 1 fully saturated rings. The number of carbonyl (C=O) groups is 1. The van der Waals surface area contributed by atoms with Crippen molar-refractivity contribution in [3.8, 4) is 5.75 Å². The average molecular weight is 845 g/mol. The van der Waals surface area contributed by atoms with E-state index in [4.69, 9.17) is 44.5 Å². The normalized spacial score (nSPS) is 17.7. The first-order valence-electron chi connectivity index (χ1n) is 18.0. The van der Waals surface area contributed by atoms with E-state index < -0.39 is 30.9 Å². The molecule has 16 heteroatoms. The fourth-order valence-corrected chi connectivity index (χ4v) is 9.24. The molecule has 4 rings (SSSR count). The van der Waals surface area contributed by atoms with Gasteiger partial charge in [-0.1, -0.05) is 59.1 Å². The molecule has 0 saturated carbocycles. The van der Waals surface area contributed by atoms with Gasteiger partial charge in [0.15, 0.2) is 0 Å². The molecule has 2 aromatic rings. The van der Waals surface area contributed by atoms with Crippen LogP contribution in [0.1, 0.15) is 65.5 Å². The fraction of sp³-hybridized carbons (Fsp3) is 0.526. The highest BCUT2D eigenvalue weighted by atomic mass is 35.5. The number of sulfonamides is 1. The first kappa shape index (κ1) is 44.1. The van der Waals surface area contributed by atoms with Gasteiger partial charge in [0, 0.05) is 66.6 Å². The van der Waals surface area contributed by atoms with E-state index in [-0.39, 0.29) is 57.9 Å². The first-order chi connectivity index (χ1) is 25.1. The summed E-state index contributed by atoms with van der Waals surface area (Å²) in [5.41, 5.74) is -0.844. The lowest BCUT2D eigenvalue weighted by atomic mass is 9.91. The van der Waals surface area contributed by atoms with Gasteiger partial charge >= 0.3 is 6.03 Å². The first-order valence-corrected chi connectivity index (χ1v) is 22.6. The third kappa shape index (κ3) is 11.9. The summed E-state index contributed by atoms with van der Waals surface area (Å²) in [5.74, 6) is 0.511. The van der Waals surface area contributed by atoms with E-state index in [1.54, 1.807) is 49.6 Å². The highest BCUT2D eigenvalue weighted by Gasteiger charge is 2.41. The molecule has 2 amide bonds. The summed E-state index contributed by atoms with van der Waals surface area (Å²) < 4.78 is 60.0. The standard InChI is InChI=1S/C38H52Cl3N5O6S2/c1-8-52-33-25-32(41)34(54(50,51)43-37(2,3)4)24-31(33)35(42-26-27-10-14-29(39)15-11-27)46(38(5,6)28-12-16-30(40)17-13-28)36(47)45-21-19-44(20-22-45)18-9-23-53(7,48)49/h10,12-17,24-25,27,43H,8-9,11,18-23,26H2,1-7H3/t27-/m1/s1. The van der Waals surface area contributed by atoms with Crippen molar-refractivity contribution in [3.05, 3.63) is 80.8 Å². The summed E-state index contributed by atoms with van der Waals surface area (Å²) in [6, 6.07) is 9.77. The van der Waals surface area contributed by atoms with E-state index in [2.05, 4.69) is 9.62 Å². The molecule has 298 valence electrons. The molecule has 1 N–H and O–H groups in total. The Balaban J connectivity index is 1.91. The van der Waals surface area contributed by atoms with E-state index in [0.717, 1.165) is 5.56 Å². The van der Waals surface area contributed by atoms with Crippen molar-refractivity contribution in [3.63, 3.8) is 0 Å². The molecule has 0 spiro atoms. The molecule has 1 heterocycles. The number of carbonyl (C=O) groups excluding carboxylic acids is 1. The fourth-order valence-electron chi connectivity index (χ4n) is 6.34. The number of allylic oxidation sites excluding steroid dienone is 3. The number of rotatable bonds is 13. The average Bonchev–Trinajstić information content (AvgIpc) is 3.06. The van der Waals surface area contributed by atoms with Crippen LogP contribution >= 0.6 is 34.8 Å². The van der Waals surface area contributed by atoms with Gasteiger partial charge in [0.2, 0.25) is 10.0 Å². The topological polar surface area (TPSA) is 129 Å². The maximum absolute atomic E-state index is 15.2. The number of nitrogens with one attached hydrogen (secondary N) is 1. The van der Waals surface area contributed by atoms with Gasteiger partial charge in [-0.3, -0.25) is 14.8 Å². The number of amides is 2. The minimum Gasteiger partial charge on any atom is -0.493 e. The van der Waals surface area contributed by atoms with Crippen LogP contribution in [-0.4, -0.2) is 107 Å². The second-order valence-electron chi connectivity index (χ2n) is 15.2. The Kier molecular flexibility index (Phi) is 14.8. The van der Waals surface area contributed by atoms with Crippen LogP contribution in [0.25, 0.3) is 0 Å². The van der Waals surface area contributed by atoms with Crippen LogP contribution < -0.4 is 9.46 Å². The van der Waals surface area contributed by atoms with Crippen LogP contribution in [0.3, 0.4) is 0 Å². The summed E-state index contributed by atoms with van der Waals surface area (Å²) in [7, 11) is -7.24. The van der Waals surface area contributed by atoms with Crippen LogP contribution in [0.5, 0.6) is 5.75 Å². The number of piperazine rings is 1. The van der Waals surface area contributed by atoms with Crippen LogP contribution in [0.4, 0.5) is 4.79 Å². The van der Waals surface area contributed by atoms with E-state index in [9.17, 15) is 16.8 Å². The lowest BCUT2D eigenvalue weighted by Crippen LogP contribution is -2.58. The molecule has 1 aliphatic carbocycles. The molecular formula is C38H52Cl3N5O6S2. The Labute approximate surface area is 336 Å². The minimum absolute atomic E-state index is 0.0462. The number of urea groups is 1. The lowest BCUT2D eigenvalue weighted by molar-refractivity contribution is 0.107. The highest BCUT2D eigenvalue weighted by Crippen LogP contribution is 2.37. The number of hydrogen-bond acceptors (Lipinski definition) is 8. The van der Waals surface area contributed by atoms with Gasteiger partial charge in [0.1, 0.15) is 26.3 Å². The second kappa shape index (κ2) is 18.1. The predicted molar refractivity (Wildman–Crippen MR) is 219 cm³/mol. The van der Waals surface area contributed by atoms with Crippen molar-refractivity contribution in [2.75, 3.05) is 57.9 Å². The number of ether oxygens (including phenoxy) is 1. The molecular weight excluding hydrogens is 793 g/mol. The van der Waals surface area contributed by atoms with E-state index in [0.29, 0.717) is 55.6 Å². The van der Waals surface area contributed by atoms with Gasteiger partial charge in [-0.2, -0.15) is 0 Å². The predicted octanol–water partition coefficient (Wildman–Crippen LogP) is 7.32. The molecule has 2 aliphatic rings. The van der Waals surface area contributed by atoms with Gasteiger partial charge in [0.25, 0.3) is 0 Å². The molecule has 0 aromatic heterocycles. The quantitative estimate of drug-likeness (QED) is 0.165. The molecule has 54 heavy (non-hydrogen) atoms. The van der Waals surface area contributed by atoms with Crippen LogP contribution in [0, 0.1) is 5.92 Å². The monoisotopic (exact) mass is 843 g/mol. The number of hydrogen-bond donors (Lipinski definition) is 1. The number of sulfone groups is 1. The number of benzene rings is 2. The summed E-state index contributed by atoms with van der Waals surface area (Å²) in [5, 5.41) is 1.11. The molecule has 1 saturated heterocycles. The molecule has 0 bridgehead atoms. The summed E-state index contributed by atoms with van der Waals surface area (Å²) in [6.07, 6.45) is 8.05. The Morgan fingerprint density at radius 1 is 1.00 bits per heavy atom. The third-order valence-electron chi connectivity index (χ3n) is 9.07. The Bertz CT molecular complexity index is 1970. The van der Waals surface area contributed by atoms with Gasteiger partial charge in [-0.25, -0.2) is 26.4 Å². The molecule has 1 atom stereocenters. The van der Waals surface area contributed by atoms with Crippen molar-refractivity contribution in [2.24, 2.45) is 10.9 Å².